The van der Waals surface area contributed by atoms with Gasteiger partial charge in [-0.1, -0.05) is 32.6 Å². The minimum atomic E-state index is -1.05. The van der Waals surface area contributed by atoms with Crippen molar-refractivity contribution >= 4 is 11.9 Å². The molecule has 1 aliphatic rings. The highest BCUT2D eigenvalue weighted by atomic mass is 16.4. The standard InChI is InChI=1S/C13H24N2O3/c1-10(9-14)8-11(16)15-13(12(17)18)6-4-2-3-5-7-13/h10H,2-9,14H2,1H3,(H,15,16)(H,17,18). The van der Waals surface area contributed by atoms with Crippen LogP contribution in [0.2, 0.25) is 0 Å². The second kappa shape index (κ2) is 6.73. The van der Waals surface area contributed by atoms with Crippen molar-refractivity contribution in [3.05, 3.63) is 0 Å². The number of rotatable bonds is 5. The fraction of sp³-hybridized carbons (Fsp3) is 0.846. The van der Waals surface area contributed by atoms with Crippen LogP contribution in [-0.2, 0) is 9.59 Å². The van der Waals surface area contributed by atoms with Crippen molar-refractivity contribution in [2.24, 2.45) is 11.7 Å². The highest BCUT2D eigenvalue weighted by molar-refractivity contribution is 5.87. The maximum Gasteiger partial charge on any atom is 0.329 e. The SMILES string of the molecule is CC(CN)CC(=O)NC1(C(=O)O)CCCCCC1. The predicted octanol–water partition coefficient (Wildman–Crippen LogP) is 1.27. The highest BCUT2D eigenvalue weighted by Crippen LogP contribution is 2.27. The summed E-state index contributed by atoms with van der Waals surface area (Å²) >= 11 is 0. The summed E-state index contributed by atoms with van der Waals surface area (Å²) in [6, 6.07) is 0. The number of hydrogen-bond donors (Lipinski definition) is 3. The maximum absolute atomic E-state index is 11.9. The molecule has 0 aliphatic heterocycles. The number of hydrogen-bond acceptors (Lipinski definition) is 3. The Bertz CT molecular complexity index is 297. The van der Waals surface area contributed by atoms with Crippen molar-refractivity contribution in [2.75, 3.05) is 6.54 Å². The van der Waals surface area contributed by atoms with Gasteiger partial charge in [-0.15, -0.1) is 0 Å². The van der Waals surface area contributed by atoms with Crippen LogP contribution in [0.15, 0.2) is 0 Å². The molecule has 5 heteroatoms. The van der Waals surface area contributed by atoms with E-state index in [0.29, 0.717) is 25.8 Å². The molecule has 1 saturated carbocycles. The van der Waals surface area contributed by atoms with Gasteiger partial charge in [0, 0.05) is 6.42 Å². The molecular formula is C13H24N2O3. The van der Waals surface area contributed by atoms with E-state index in [0.717, 1.165) is 25.7 Å². The Labute approximate surface area is 108 Å². The molecule has 1 atom stereocenters. The lowest BCUT2D eigenvalue weighted by Gasteiger charge is -2.29. The molecule has 5 nitrogen and oxygen atoms in total. The number of carboxylic acid groups (broad SMARTS) is 1. The normalized spacial score (nSPS) is 20.8. The van der Waals surface area contributed by atoms with Crippen LogP contribution in [-0.4, -0.2) is 29.1 Å². The summed E-state index contributed by atoms with van der Waals surface area (Å²) in [5, 5.41) is 12.2. The lowest BCUT2D eigenvalue weighted by molar-refractivity contribution is -0.148. The third-order valence-corrected chi connectivity index (χ3v) is 3.68. The molecule has 1 fully saturated rings. The number of aliphatic carboxylic acids is 1. The number of nitrogens with one attached hydrogen (secondary N) is 1. The summed E-state index contributed by atoms with van der Waals surface area (Å²) in [7, 11) is 0. The molecule has 4 N–H and O–H groups in total. The molecule has 0 saturated heterocycles. The molecular weight excluding hydrogens is 232 g/mol. The Kier molecular flexibility index (Phi) is 5.59. The van der Waals surface area contributed by atoms with Crippen LogP contribution in [0.1, 0.15) is 51.9 Å². The van der Waals surface area contributed by atoms with Crippen LogP contribution in [0.3, 0.4) is 0 Å². The van der Waals surface area contributed by atoms with Gasteiger partial charge < -0.3 is 16.2 Å². The van der Waals surface area contributed by atoms with Crippen LogP contribution in [0.25, 0.3) is 0 Å². The van der Waals surface area contributed by atoms with E-state index in [1.54, 1.807) is 0 Å². The third kappa shape index (κ3) is 3.98. The summed E-state index contributed by atoms with van der Waals surface area (Å²) in [6.07, 6.45) is 5.17. The molecule has 18 heavy (non-hydrogen) atoms. The molecule has 1 rings (SSSR count). The number of carbonyl (C=O) groups excluding carboxylic acids is 1. The molecule has 0 aromatic heterocycles. The van der Waals surface area contributed by atoms with Crippen molar-refractivity contribution in [1.29, 1.82) is 0 Å². The second-order valence-corrected chi connectivity index (χ2v) is 5.39. The van der Waals surface area contributed by atoms with Crippen LogP contribution in [0.4, 0.5) is 0 Å². The molecule has 1 amide bonds. The average molecular weight is 256 g/mol. The first-order valence-electron chi connectivity index (χ1n) is 6.74. The van der Waals surface area contributed by atoms with E-state index >= 15 is 0 Å². The Morgan fingerprint density at radius 2 is 1.83 bits per heavy atom. The van der Waals surface area contributed by atoms with Crippen LogP contribution in [0.5, 0.6) is 0 Å². The Hall–Kier alpha value is -1.10. The van der Waals surface area contributed by atoms with Gasteiger partial charge in [-0.2, -0.15) is 0 Å². The van der Waals surface area contributed by atoms with Crippen LogP contribution < -0.4 is 11.1 Å². The average Bonchev–Trinajstić information content (AvgIpc) is 2.55. The van der Waals surface area contributed by atoms with Gasteiger partial charge in [0.15, 0.2) is 0 Å². The van der Waals surface area contributed by atoms with Crippen molar-refractivity contribution in [3.8, 4) is 0 Å². The van der Waals surface area contributed by atoms with E-state index < -0.39 is 11.5 Å². The summed E-state index contributed by atoms with van der Waals surface area (Å²) in [5.74, 6) is -1.02. The zero-order chi connectivity index (χ0) is 13.6. The molecule has 104 valence electrons. The van der Waals surface area contributed by atoms with Gasteiger partial charge in [-0.25, -0.2) is 4.79 Å². The Morgan fingerprint density at radius 1 is 1.28 bits per heavy atom. The van der Waals surface area contributed by atoms with Crippen molar-refractivity contribution in [3.63, 3.8) is 0 Å². The van der Waals surface area contributed by atoms with Gasteiger partial charge in [0.25, 0.3) is 0 Å². The topological polar surface area (TPSA) is 92.4 Å². The number of nitrogens with two attached hydrogens (primary N) is 1. The first-order valence-corrected chi connectivity index (χ1v) is 6.74. The van der Waals surface area contributed by atoms with E-state index in [2.05, 4.69) is 5.32 Å². The second-order valence-electron chi connectivity index (χ2n) is 5.39. The van der Waals surface area contributed by atoms with E-state index in [1.165, 1.54) is 0 Å². The van der Waals surface area contributed by atoms with Crippen LogP contribution in [0, 0.1) is 5.92 Å². The first-order chi connectivity index (χ1) is 8.50. The van der Waals surface area contributed by atoms with E-state index in [9.17, 15) is 14.7 Å². The molecule has 0 bridgehead atoms. The fourth-order valence-corrected chi connectivity index (χ4v) is 2.44. The Morgan fingerprint density at radius 3 is 2.28 bits per heavy atom. The Balaban J connectivity index is 2.67. The maximum atomic E-state index is 11.9. The lowest BCUT2D eigenvalue weighted by atomic mass is 9.89. The minimum Gasteiger partial charge on any atom is -0.480 e. The zero-order valence-corrected chi connectivity index (χ0v) is 11.1. The zero-order valence-electron chi connectivity index (χ0n) is 11.1. The highest BCUT2D eigenvalue weighted by Gasteiger charge is 2.39. The predicted molar refractivity (Wildman–Crippen MR) is 69.0 cm³/mol. The fourth-order valence-electron chi connectivity index (χ4n) is 2.44. The third-order valence-electron chi connectivity index (χ3n) is 3.68. The molecule has 0 aromatic rings. The lowest BCUT2D eigenvalue weighted by Crippen LogP contribution is -2.54. The van der Waals surface area contributed by atoms with Gasteiger partial charge in [-0.3, -0.25) is 4.79 Å². The molecule has 0 radical (unpaired) electrons. The van der Waals surface area contributed by atoms with Crippen molar-refractivity contribution in [2.45, 2.75) is 57.4 Å². The van der Waals surface area contributed by atoms with E-state index in [1.807, 2.05) is 6.92 Å². The van der Waals surface area contributed by atoms with E-state index in [4.69, 9.17) is 5.73 Å². The molecule has 1 unspecified atom stereocenters. The van der Waals surface area contributed by atoms with Gasteiger partial charge >= 0.3 is 5.97 Å². The van der Waals surface area contributed by atoms with E-state index in [-0.39, 0.29) is 11.8 Å². The molecule has 0 aromatic carbocycles. The number of carbonyl (C=O) groups is 2. The van der Waals surface area contributed by atoms with Gasteiger partial charge in [-0.05, 0) is 25.3 Å². The molecule has 0 heterocycles. The monoisotopic (exact) mass is 256 g/mol. The summed E-state index contributed by atoms with van der Waals surface area (Å²) < 4.78 is 0. The summed E-state index contributed by atoms with van der Waals surface area (Å²) in [6.45, 7) is 2.33. The molecule has 1 aliphatic carbocycles. The van der Waals surface area contributed by atoms with Gasteiger partial charge in [0.05, 0.1) is 0 Å². The quantitative estimate of drug-likeness (QED) is 0.646. The number of carboxylic acids is 1. The largest absolute Gasteiger partial charge is 0.480 e. The van der Waals surface area contributed by atoms with Crippen molar-refractivity contribution in [1.82, 2.24) is 5.32 Å². The van der Waals surface area contributed by atoms with Crippen LogP contribution >= 0.6 is 0 Å². The van der Waals surface area contributed by atoms with Crippen molar-refractivity contribution < 1.29 is 14.7 Å². The first kappa shape index (κ1) is 15.0. The van der Waals surface area contributed by atoms with Gasteiger partial charge in [0.1, 0.15) is 5.54 Å². The summed E-state index contributed by atoms with van der Waals surface area (Å²) in [4.78, 5) is 23.4. The smallest absolute Gasteiger partial charge is 0.329 e. The minimum absolute atomic E-state index is 0.0848. The number of amides is 1. The molecule has 0 spiro atoms. The van der Waals surface area contributed by atoms with Gasteiger partial charge in [0.2, 0.25) is 5.91 Å². The summed E-state index contributed by atoms with van der Waals surface area (Å²) in [5.41, 5.74) is 4.42.